The van der Waals surface area contributed by atoms with E-state index in [1.807, 2.05) is 44.2 Å². The number of pyridine rings is 1. The molecule has 3 aromatic carbocycles. The Morgan fingerprint density at radius 2 is 1.79 bits per heavy atom. The highest BCUT2D eigenvalue weighted by Crippen LogP contribution is 2.51. The Balaban J connectivity index is 1.54. The highest BCUT2D eigenvalue weighted by molar-refractivity contribution is 6.12. The van der Waals surface area contributed by atoms with E-state index in [2.05, 4.69) is 10.3 Å². The summed E-state index contributed by atoms with van der Waals surface area (Å²) in [6.45, 7) is 4.14. The first kappa shape index (κ1) is 28.0. The maximum Gasteiger partial charge on any atom is 0.281 e. The first-order chi connectivity index (χ1) is 20.6. The van der Waals surface area contributed by atoms with Crippen LogP contribution < -0.4 is 15.0 Å². The first-order valence-corrected chi connectivity index (χ1v) is 13.9. The minimum atomic E-state index is -1.24. The number of ketones is 1. The SMILES string of the molecule is CC1(C)CC(=O)C2=C(C1)Nc1c(O)cccc1N(C(=O)c1ncccc1O)C2c1ccc(OCc2ccccc2)cc1F. The third kappa shape index (κ3) is 5.30. The molecular weight excluding hydrogens is 549 g/mol. The van der Waals surface area contributed by atoms with Gasteiger partial charge in [0.2, 0.25) is 0 Å². The second kappa shape index (κ2) is 10.9. The van der Waals surface area contributed by atoms with Crippen LogP contribution in [0.4, 0.5) is 15.8 Å². The van der Waals surface area contributed by atoms with Crippen molar-refractivity contribution in [3.63, 3.8) is 0 Å². The fourth-order valence-electron chi connectivity index (χ4n) is 5.80. The number of amides is 1. The topological polar surface area (TPSA) is 112 Å². The normalized spacial score (nSPS) is 17.4. The average molecular weight is 580 g/mol. The molecule has 0 fully saturated rings. The number of carbonyl (C=O) groups excluding carboxylic acids is 2. The van der Waals surface area contributed by atoms with Crippen molar-refractivity contribution in [2.75, 3.05) is 10.2 Å². The molecule has 9 heteroatoms. The third-order valence-electron chi connectivity index (χ3n) is 7.73. The van der Waals surface area contributed by atoms with Crippen LogP contribution in [0.25, 0.3) is 0 Å². The zero-order chi connectivity index (χ0) is 30.3. The summed E-state index contributed by atoms with van der Waals surface area (Å²) in [5.41, 5.74) is 1.33. The molecule has 4 aromatic rings. The van der Waals surface area contributed by atoms with Gasteiger partial charge in [-0.1, -0.05) is 50.2 Å². The molecule has 1 unspecified atom stereocenters. The lowest BCUT2D eigenvalue weighted by Gasteiger charge is -2.37. The van der Waals surface area contributed by atoms with Gasteiger partial charge in [0.25, 0.3) is 5.91 Å². The first-order valence-electron chi connectivity index (χ1n) is 13.9. The number of hydrogen-bond donors (Lipinski definition) is 3. The Morgan fingerprint density at radius 1 is 1.02 bits per heavy atom. The summed E-state index contributed by atoms with van der Waals surface area (Å²) in [6, 6.07) is 20.0. The number of phenolic OH excluding ortho intramolecular Hbond substituents is 1. The molecule has 0 saturated heterocycles. The highest BCUT2D eigenvalue weighted by atomic mass is 19.1. The van der Waals surface area contributed by atoms with Gasteiger partial charge in [-0.25, -0.2) is 9.37 Å². The lowest BCUT2D eigenvalue weighted by Crippen LogP contribution is -2.40. The standard InChI is InChI=1S/C34H30FN3O5/c1-34(2)17-24-29(28(41)18-34)32(22-14-13-21(16-23(22)35)43-19-20-8-4-3-5-9-20)38(25-10-6-11-26(39)30(25)37-24)33(42)31-27(40)12-7-15-36-31/h3-16,32,37,39-40H,17-19H2,1-2H3. The van der Waals surface area contributed by atoms with E-state index in [1.54, 1.807) is 18.2 Å². The van der Waals surface area contributed by atoms with E-state index < -0.39 is 23.2 Å². The maximum absolute atomic E-state index is 16.2. The molecule has 1 amide bonds. The van der Waals surface area contributed by atoms with E-state index in [0.717, 1.165) is 5.56 Å². The third-order valence-corrected chi connectivity index (χ3v) is 7.73. The van der Waals surface area contributed by atoms with E-state index in [0.29, 0.717) is 12.1 Å². The second-order valence-corrected chi connectivity index (χ2v) is 11.5. The fourth-order valence-corrected chi connectivity index (χ4v) is 5.80. The molecule has 0 spiro atoms. The zero-order valence-corrected chi connectivity index (χ0v) is 23.7. The zero-order valence-electron chi connectivity index (χ0n) is 23.7. The summed E-state index contributed by atoms with van der Waals surface area (Å²) >= 11 is 0. The second-order valence-electron chi connectivity index (χ2n) is 11.5. The van der Waals surface area contributed by atoms with Crippen LogP contribution >= 0.6 is 0 Å². The van der Waals surface area contributed by atoms with Crippen molar-refractivity contribution >= 4 is 23.1 Å². The number of benzene rings is 3. The van der Waals surface area contributed by atoms with Crippen molar-refractivity contribution in [2.45, 2.75) is 39.3 Å². The Hall–Kier alpha value is -5.18. The number of ether oxygens (including phenoxy) is 1. The van der Waals surface area contributed by atoms with Gasteiger partial charge in [-0.15, -0.1) is 0 Å². The van der Waals surface area contributed by atoms with E-state index in [4.69, 9.17) is 4.74 Å². The number of hydrogen-bond acceptors (Lipinski definition) is 7. The average Bonchev–Trinajstić information content (AvgIpc) is 3.11. The van der Waals surface area contributed by atoms with Gasteiger partial charge < -0.3 is 20.3 Å². The number of anilines is 2. The van der Waals surface area contributed by atoms with Crippen molar-refractivity contribution in [1.29, 1.82) is 0 Å². The van der Waals surface area contributed by atoms with Gasteiger partial charge in [-0.3, -0.25) is 14.5 Å². The highest BCUT2D eigenvalue weighted by Gasteiger charge is 2.45. The molecule has 1 atom stereocenters. The van der Waals surface area contributed by atoms with Crippen LogP contribution in [0.2, 0.25) is 0 Å². The summed E-state index contributed by atoms with van der Waals surface area (Å²) in [5.74, 6) is -1.98. The Morgan fingerprint density at radius 3 is 2.53 bits per heavy atom. The monoisotopic (exact) mass is 579 g/mol. The van der Waals surface area contributed by atoms with Crippen molar-refractivity contribution in [3.05, 3.63) is 119 Å². The molecule has 2 heterocycles. The smallest absolute Gasteiger partial charge is 0.281 e. The van der Waals surface area contributed by atoms with Gasteiger partial charge in [-0.2, -0.15) is 0 Å². The summed E-state index contributed by atoms with van der Waals surface area (Å²) in [4.78, 5) is 33.5. The number of carbonyl (C=O) groups is 2. The quantitative estimate of drug-likeness (QED) is 0.227. The van der Waals surface area contributed by atoms with Crippen LogP contribution in [-0.4, -0.2) is 26.9 Å². The summed E-state index contributed by atoms with van der Waals surface area (Å²) in [5, 5.41) is 24.7. The van der Waals surface area contributed by atoms with Crippen LogP contribution in [-0.2, 0) is 11.4 Å². The summed E-state index contributed by atoms with van der Waals surface area (Å²) in [6.07, 6.45) is 1.94. The molecule has 3 N–H and O–H groups in total. The molecular formula is C34H30FN3O5. The van der Waals surface area contributed by atoms with Gasteiger partial charge in [0, 0.05) is 35.5 Å². The fraction of sp³-hybridized carbons (Fsp3) is 0.206. The number of rotatable bonds is 5. The lowest BCUT2D eigenvalue weighted by atomic mass is 9.73. The van der Waals surface area contributed by atoms with E-state index in [-0.39, 0.29) is 64.3 Å². The van der Waals surface area contributed by atoms with E-state index in [1.165, 1.54) is 41.4 Å². The van der Waals surface area contributed by atoms with E-state index in [9.17, 15) is 19.8 Å². The van der Waals surface area contributed by atoms with Crippen LogP contribution in [0.15, 0.2) is 96.3 Å². The van der Waals surface area contributed by atoms with Crippen LogP contribution in [0.5, 0.6) is 17.2 Å². The molecule has 6 rings (SSSR count). The molecule has 1 aliphatic carbocycles. The number of nitrogens with one attached hydrogen (secondary N) is 1. The van der Waals surface area contributed by atoms with Gasteiger partial charge in [-0.05, 0) is 53.8 Å². The number of aromatic hydroxyl groups is 2. The summed E-state index contributed by atoms with van der Waals surface area (Å²) < 4.78 is 22.1. The van der Waals surface area contributed by atoms with Crippen LogP contribution in [0.1, 0.15) is 54.3 Å². The molecule has 43 heavy (non-hydrogen) atoms. The van der Waals surface area contributed by atoms with Gasteiger partial charge in [0.1, 0.15) is 35.4 Å². The molecule has 2 aliphatic rings. The molecule has 218 valence electrons. The number of nitrogens with zero attached hydrogens (tertiary/aromatic N) is 2. The predicted octanol–water partition coefficient (Wildman–Crippen LogP) is 6.67. The molecule has 0 saturated carbocycles. The summed E-state index contributed by atoms with van der Waals surface area (Å²) in [7, 11) is 0. The molecule has 0 bridgehead atoms. The lowest BCUT2D eigenvalue weighted by molar-refractivity contribution is -0.118. The minimum absolute atomic E-state index is 0.0504. The van der Waals surface area contributed by atoms with Crippen molar-refractivity contribution in [3.8, 4) is 17.2 Å². The van der Waals surface area contributed by atoms with Gasteiger partial charge in [0.05, 0.1) is 11.7 Å². The maximum atomic E-state index is 16.2. The molecule has 1 aromatic heterocycles. The van der Waals surface area contributed by atoms with Crippen LogP contribution in [0, 0.1) is 11.2 Å². The Kier molecular flexibility index (Phi) is 7.09. The van der Waals surface area contributed by atoms with Gasteiger partial charge >= 0.3 is 0 Å². The number of phenols is 1. The van der Waals surface area contributed by atoms with Crippen LogP contribution in [0.3, 0.4) is 0 Å². The van der Waals surface area contributed by atoms with Crippen molar-refractivity contribution in [2.24, 2.45) is 5.41 Å². The Bertz CT molecular complexity index is 1770. The van der Waals surface area contributed by atoms with E-state index >= 15 is 4.39 Å². The number of halogens is 1. The molecule has 0 radical (unpaired) electrons. The molecule has 8 nitrogen and oxygen atoms in total. The van der Waals surface area contributed by atoms with Crippen molar-refractivity contribution in [1.82, 2.24) is 4.98 Å². The number of fused-ring (bicyclic) bond motifs is 1. The number of Topliss-reactive ketones (excluding diaryl/α,β-unsaturated/α-hetero) is 1. The van der Waals surface area contributed by atoms with Gasteiger partial charge in [0.15, 0.2) is 11.5 Å². The number of aromatic nitrogens is 1. The molecule has 1 aliphatic heterocycles. The predicted molar refractivity (Wildman–Crippen MR) is 159 cm³/mol. The minimum Gasteiger partial charge on any atom is -0.506 e. The largest absolute Gasteiger partial charge is 0.506 e. The number of allylic oxidation sites excluding steroid dienone is 1. The number of para-hydroxylation sites is 1. The Labute approximate surface area is 248 Å². The van der Waals surface area contributed by atoms with Crippen molar-refractivity contribution < 1.29 is 28.9 Å².